The number of piperazine rings is 1. The molecule has 0 spiro atoms. The van der Waals surface area contributed by atoms with Crippen molar-refractivity contribution in [2.75, 3.05) is 19.7 Å². The lowest BCUT2D eigenvalue weighted by atomic mass is 10.1. The van der Waals surface area contributed by atoms with Gasteiger partial charge in [0.25, 0.3) is 5.91 Å². The number of cyclic esters (lactones) is 1. The van der Waals surface area contributed by atoms with Crippen LogP contribution in [0.3, 0.4) is 0 Å². The Labute approximate surface area is 75.1 Å². The Morgan fingerprint density at radius 3 is 2.54 bits per heavy atom. The minimum Gasteiger partial charge on any atom is -0.462 e. The maximum Gasteiger partial charge on any atom is 0.336 e. The summed E-state index contributed by atoms with van der Waals surface area (Å²) in [6, 6.07) is 0. The average molecular weight is 182 g/mol. The summed E-state index contributed by atoms with van der Waals surface area (Å²) in [5.41, 5.74) is 0.853. The smallest absolute Gasteiger partial charge is 0.336 e. The fourth-order valence-electron chi connectivity index (χ4n) is 1.44. The van der Waals surface area contributed by atoms with E-state index in [2.05, 4.69) is 10.6 Å². The molecule has 0 unspecified atom stereocenters. The van der Waals surface area contributed by atoms with Crippen molar-refractivity contribution in [1.82, 2.24) is 10.6 Å². The van der Waals surface area contributed by atoms with Gasteiger partial charge in [-0.1, -0.05) is 0 Å². The van der Waals surface area contributed by atoms with Crippen molar-refractivity contribution >= 4 is 11.9 Å². The highest BCUT2D eigenvalue weighted by atomic mass is 16.5. The van der Waals surface area contributed by atoms with Crippen molar-refractivity contribution in [2.24, 2.45) is 0 Å². The van der Waals surface area contributed by atoms with Crippen LogP contribution in [-0.4, -0.2) is 31.6 Å². The molecule has 0 aromatic carbocycles. The summed E-state index contributed by atoms with van der Waals surface area (Å²) in [5, 5.41) is 5.57. The summed E-state index contributed by atoms with van der Waals surface area (Å²) in [5.74, 6) is -0.584. The molecule has 5 nitrogen and oxygen atoms in total. The third-order valence-corrected chi connectivity index (χ3v) is 2.07. The molecule has 0 aromatic heterocycles. The van der Waals surface area contributed by atoms with E-state index in [1.54, 1.807) is 0 Å². The highest BCUT2D eigenvalue weighted by molar-refractivity contribution is 6.03. The highest BCUT2D eigenvalue weighted by Crippen LogP contribution is 2.17. The molecule has 2 heterocycles. The van der Waals surface area contributed by atoms with Gasteiger partial charge >= 0.3 is 5.97 Å². The minimum atomic E-state index is -0.375. The summed E-state index contributed by atoms with van der Waals surface area (Å²) < 4.78 is 4.75. The van der Waals surface area contributed by atoms with Gasteiger partial charge in [-0.2, -0.15) is 0 Å². The lowest BCUT2D eigenvalue weighted by Crippen LogP contribution is -2.44. The van der Waals surface area contributed by atoms with E-state index in [0.717, 1.165) is 0 Å². The number of nitrogens with one attached hydrogen (secondary N) is 2. The van der Waals surface area contributed by atoms with Crippen molar-refractivity contribution in [2.45, 2.75) is 6.42 Å². The zero-order valence-electron chi connectivity index (χ0n) is 7.05. The van der Waals surface area contributed by atoms with E-state index in [0.29, 0.717) is 37.4 Å². The summed E-state index contributed by atoms with van der Waals surface area (Å²) >= 11 is 0. The van der Waals surface area contributed by atoms with Crippen LogP contribution in [0.5, 0.6) is 0 Å². The Morgan fingerprint density at radius 1 is 1.15 bits per heavy atom. The number of amides is 1. The molecule has 0 aromatic rings. The molecule has 0 radical (unpaired) electrons. The summed E-state index contributed by atoms with van der Waals surface area (Å²) in [6.07, 6.45) is 0.522. The number of carbonyl (C=O) groups excluding carboxylic acids is 2. The third kappa shape index (κ3) is 1.37. The highest BCUT2D eigenvalue weighted by Gasteiger charge is 2.27. The zero-order valence-corrected chi connectivity index (χ0v) is 7.05. The monoisotopic (exact) mass is 182 g/mol. The van der Waals surface area contributed by atoms with Gasteiger partial charge in [0.05, 0.1) is 12.2 Å². The molecule has 2 saturated heterocycles. The van der Waals surface area contributed by atoms with Crippen LogP contribution in [-0.2, 0) is 14.3 Å². The normalized spacial score (nSPS) is 28.0. The SMILES string of the molecule is O=C1NCCNC1=C1CCOC1=O. The molecule has 0 atom stereocenters. The molecule has 0 aliphatic carbocycles. The van der Waals surface area contributed by atoms with Gasteiger partial charge in [0.15, 0.2) is 0 Å². The summed E-state index contributed by atoms with van der Waals surface area (Å²) in [6.45, 7) is 1.65. The van der Waals surface area contributed by atoms with Crippen molar-refractivity contribution < 1.29 is 14.3 Å². The molecular formula is C8H10N2O3. The van der Waals surface area contributed by atoms with Crippen LogP contribution in [0.1, 0.15) is 6.42 Å². The number of ether oxygens (including phenoxy) is 1. The molecule has 2 rings (SSSR count). The molecule has 5 heteroatoms. The first-order chi connectivity index (χ1) is 6.29. The Morgan fingerprint density at radius 2 is 1.92 bits per heavy atom. The number of hydrogen-bond donors (Lipinski definition) is 2. The van der Waals surface area contributed by atoms with Gasteiger partial charge in [0, 0.05) is 19.5 Å². The molecule has 2 aliphatic rings. The zero-order chi connectivity index (χ0) is 9.26. The van der Waals surface area contributed by atoms with E-state index in [4.69, 9.17) is 4.74 Å². The third-order valence-electron chi connectivity index (χ3n) is 2.07. The van der Waals surface area contributed by atoms with Gasteiger partial charge < -0.3 is 15.4 Å². The van der Waals surface area contributed by atoms with E-state index in [1.165, 1.54) is 0 Å². The van der Waals surface area contributed by atoms with Gasteiger partial charge in [0.2, 0.25) is 0 Å². The molecule has 0 bridgehead atoms. The van der Waals surface area contributed by atoms with E-state index >= 15 is 0 Å². The molecule has 13 heavy (non-hydrogen) atoms. The molecule has 2 fully saturated rings. The van der Waals surface area contributed by atoms with Crippen LogP contribution in [0.25, 0.3) is 0 Å². The van der Waals surface area contributed by atoms with E-state index in [-0.39, 0.29) is 11.9 Å². The van der Waals surface area contributed by atoms with Crippen molar-refractivity contribution in [3.8, 4) is 0 Å². The molecule has 70 valence electrons. The molecular weight excluding hydrogens is 172 g/mol. The van der Waals surface area contributed by atoms with Crippen molar-refractivity contribution in [3.63, 3.8) is 0 Å². The van der Waals surface area contributed by atoms with Gasteiger partial charge in [-0.3, -0.25) is 4.79 Å². The number of rotatable bonds is 0. The molecule has 2 aliphatic heterocycles. The lowest BCUT2D eigenvalue weighted by molar-refractivity contribution is -0.135. The quantitative estimate of drug-likeness (QED) is 0.369. The largest absolute Gasteiger partial charge is 0.462 e. The number of carbonyl (C=O) groups is 2. The topological polar surface area (TPSA) is 67.4 Å². The summed E-state index contributed by atoms with van der Waals surface area (Å²) in [7, 11) is 0. The van der Waals surface area contributed by atoms with Gasteiger partial charge in [-0.15, -0.1) is 0 Å². The maximum absolute atomic E-state index is 11.3. The Balaban J connectivity index is 2.29. The van der Waals surface area contributed by atoms with Crippen LogP contribution >= 0.6 is 0 Å². The van der Waals surface area contributed by atoms with E-state index in [1.807, 2.05) is 0 Å². The predicted octanol–water partition coefficient (Wildman–Crippen LogP) is -1.09. The number of esters is 1. The Kier molecular flexibility index (Phi) is 1.92. The first kappa shape index (κ1) is 8.10. The maximum atomic E-state index is 11.3. The second kappa shape index (κ2) is 3.08. The van der Waals surface area contributed by atoms with E-state index < -0.39 is 0 Å². The minimum absolute atomic E-state index is 0.208. The second-order valence-electron chi connectivity index (χ2n) is 2.92. The van der Waals surface area contributed by atoms with Crippen LogP contribution in [0.4, 0.5) is 0 Å². The van der Waals surface area contributed by atoms with E-state index in [9.17, 15) is 9.59 Å². The van der Waals surface area contributed by atoms with Crippen LogP contribution in [0.2, 0.25) is 0 Å². The average Bonchev–Trinajstić information content (AvgIpc) is 2.52. The van der Waals surface area contributed by atoms with Gasteiger partial charge in [0.1, 0.15) is 5.70 Å². The first-order valence-corrected chi connectivity index (χ1v) is 4.21. The van der Waals surface area contributed by atoms with Crippen molar-refractivity contribution in [1.29, 1.82) is 0 Å². The summed E-state index contributed by atoms with van der Waals surface area (Å²) in [4.78, 5) is 22.4. The van der Waals surface area contributed by atoms with Crippen LogP contribution in [0, 0.1) is 0 Å². The molecule has 0 saturated carbocycles. The Hall–Kier alpha value is -1.52. The molecule has 1 amide bonds. The van der Waals surface area contributed by atoms with Crippen LogP contribution < -0.4 is 10.6 Å². The first-order valence-electron chi connectivity index (χ1n) is 4.21. The standard InChI is InChI=1S/C8H10N2O3/c11-7-6(9-2-3-10-7)5-1-4-13-8(5)12/h9H,1-4H2,(H,10,11). The number of hydrogen-bond acceptors (Lipinski definition) is 4. The molecule has 2 N–H and O–H groups in total. The Bertz CT molecular complexity index is 296. The second-order valence-corrected chi connectivity index (χ2v) is 2.92. The fourth-order valence-corrected chi connectivity index (χ4v) is 1.44. The van der Waals surface area contributed by atoms with Gasteiger partial charge in [-0.25, -0.2) is 4.79 Å². The van der Waals surface area contributed by atoms with Gasteiger partial charge in [-0.05, 0) is 0 Å². The lowest BCUT2D eigenvalue weighted by Gasteiger charge is -2.18. The van der Waals surface area contributed by atoms with Crippen molar-refractivity contribution in [3.05, 3.63) is 11.3 Å². The predicted molar refractivity (Wildman–Crippen MR) is 43.6 cm³/mol. The van der Waals surface area contributed by atoms with Crippen LogP contribution in [0.15, 0.2) is 11.3 Å². The fraction of sp³-hybridized carbons (Fsp3) is 0.500.